The van der Waals surface area contributed by atoms with E-state index in [9.17, 15) is 8.42 Å². The molecule has 2 N–H and O–H groups in total. The Morgan fingerprint density at radius 2 is 2.05 bits per heavy atom. The van der Waals surface area contributed by atoms with Crippen LogP contribution >= 0.6 is 0 Å². The van der Waals surface area contributed by atoms with Gasteiger partial charge in [0.2, 0.25) is 10.0 Å². The first-order valence-corrected chi connectivity index (χ1v) is 9.01. The molecule has 0 atom stereocenters. The van der Waals surface area contributed by atoms with Crippen LogP contribution in [0.25, 0.3) is 0 Å². The van der Waals surface area contributed by atoms with Crippen LogP contribution in [-0.2, 0) is 16.6 Å². The fourth-order valence-electron chi connectivity index (χ4n) is 2.05. The van der Waals surface area contributed by atoms with Gasteiger partial charge in [-0.2, -0.15) is 0 Å². The van der Waals surface area contributed by atoms with E-state index >= 15 is 0 Å². The van der Waals surface area contributed by atoms with Gasteiger partial charge in [0.15, 0.2) is 0 Å². The maximum atomic E-state index is 12.3. The maximum Gasteiger partial charge on any atom is 0.240 e. The Balaban J connectivity index is 2.17. The third kappa shape index (κ3) is 4.69. The first-order valence-electron chi connectivity index (χ1n) is 7.53. The third-order valence-electron chi connectivity index (χ3n) is 3.47. The van der Waals surface area contributed by atoms with Gasteiger partial charge >= 0.3 is 0 Å². The lowest BCUT2D eigenvalue weighted by atomic mass is 10.2. The Labute approximate surface area is 127 Å². The van der Waals surface area contributed by atoms with Crippen molar-refractivity contribution in [2.75, 3.05) is 19.7 Å². The minimum atomic E-state index is -3.43. The highest BCUT2D eigenvalue weighted by atomic mass is 32.2. The monoisotopic (exact) mass is 312 g/mol. The minimum Gasteiger partial charge on any atom is -0.494 e. The van der Waals surface area contributed by atoms with Crippen molar-refractivity contribution >= 4 is 10.0 Å². The van der Waals surface area contributed by atoms with Crippen LogP contribution < -0.4 is 14.8 Å². The van der Waals surface area contributed by atoms with Crippen molar-refractivity contribution in [1.29, 1.82) is 0 Å². The molecule has 0 spiro atoms. The summed E-state index contributed by atoms with van der Waals surface area (Å²) in [5.74, 6) is 1.25. The standard InChI is InChI=1S/C15H24N2O3S/c1-3-16-11-13-9-14(7-8-15(13)20-4-2)21(18,19)17-10-12-5-6-12/h7-9,12,16-17H,3-6,10-11H2,1-2H3. The van der Waals surface area contributed by atoms with Crippen LogP contribution in [-0.4, -0.2) is 28.1 Å². The van der Waals surface area contributed by atoms with Crippen LogP contribution in [0.1, 0.15) is 32.3 Å². The first-order chi connectivity index (χ1) is 10.1. The van der Waals surface area contributed by atoms with Crippen LogP contribution in [0.3, 0.4) is 0 Å². The molecule has 0 bridgehead atoms. The quantitative estimate of drug-likeness (QED) is 0.730. The summed E-state index contributed by atoms with van der Waals surface area (Å²) in [5, 5.41) is 3.21. The van der Waals surface area contributed by atoms with Crippen molar-refractivity contribution in [3.05, 3.63) is 23.8 Å². The molecule has 5 nitrogen and oxygen atoms in total. The van der Waals surface area contributed by atoms with Crippen molar-refractivity contribution in [1.82, 2.24) is 10.0 Å². The van der Waals surface area contributed by atoms with Gasteiger partial charge in [-0.1, -0.05) is 6.92 Å². The minimum absolute atomic E-state index is 0.305. The molecule has 0 aliphatic heterocycles. The molecule has 1 fully saturated rings. The SMILES string of the molecule is CCNCc1cc(S(=O)(=O)NCC2CC2)ccc1OCC. The van der Waals surface area contributed by atoms with Crippen molar-refractivity contribution in [2.24, 2.45) is 5.92 Å². The second-order valence-electron chi connectivity index (χ2n) is 5.28. The van der Waals surface area contributed by atoms with E-state index in [-0.39, 0.29) is 0 Å². The number of hydrogen-bond acceptors (Lipinski definition) is 4. The van der Waals surface area contributed by atoms with Crippen molar-refractivity contribution in [3.63, 3.8) is 0 Å². The number of hydrogen-bond donors (Lipinski definition) is 2. The molecule has 0 heterocycles. The van der Waals surface area contributed by atoms with Gasteiger partial charge in [0.1, 0.15) is 5.75 Å². The van der Waals surface area contributed by atoms with E-state index in [1.54, 1.807) is 18.2 Å². The molecule has 0 aromatic heterocycles. The highest BCUT2D eigenvalue weighted by molar-refractivity contribution is 7.89. The Bertz CT molecular complexity index is 568. The molecular weight excluding hydrogens is 288 g/mol. The summed E-state index contributed by atoms with van der Waals surface area (Å²) in [6.07, 6.45) is 2.24. The van der Waals surface area contributed by atoms with Gasteiger partial charge in [0.25, 0.3) is 0 Å². The summed E-state index contributed by atoms with van der Waals surface area (Å²) in [7, 11) is -3.43. The lowest BCUT2D eigenvalue weighted by molar-refractivity contribution is 0.335. The fourth-order valence-corrected chi connectivity index (χ4v) is 3.22. The smallest absolute Gasteiger partial charge is 0.240 e. The van der Waals surface area contributed by atoms with Gasteiger partial charge in [-0.05, 0) is 50.4 Å². The third-order valence-corrected chi connectivity index (χ3v) is 4.89. The molecule has 0 saturated heterocycles. The molecule has 1 saturated carbocycles. The van der Waals surface area contributed by atoms with Crippen LogP contribution in [0.4, 0.5) is 0 Å². The number of sulfonamides is 1. The topological polar surface area (TPSA) is 67.4 Å². The molecule has 21 heavy (non-hydrogen) atoms. The summed E-state index contributed by atoms with van der Waals surface area (Å²) in [5.41, 5.74) is 0.869. The molecule has 0 radical (unpaired) electrons. The van der Waals surface area contributed by atoms with E-state index in [1.165, 1.54) is 0 Å². The molecular formula is C15H24N2O3S. The zero-order valence-corrected chi connectivity index (χ0v) is 13.5. The lowest BCUT2D eigenvalue weighted by Crippen LogP contribution is -2.26. The van der Waals surface area contributed by atoms with Gasteiger partial charge in [-0.25, -0.2) is 13.1 Å². The van der Waals surface area contributed by atoms with Gasteiger partial charge in [0, 0.05) is 18.7 Å². The average Bonchev–Trinajstić information content (AvgIpc) is 3.28. The van der Waals surface area contributed by atoms with Crippen LogP contribution in [0.15, 0.2) is 23.1 Å². The molecule has 1 aliphatic carbocycles. The van der Waals surface area contributed by atoms with Gasteiger partial charge in [0.05, 0.1) is 11.5 Å². The number of rotatable bonds is 9. The van der Waals surface area contributed by atoms with Crippen LogP contribution in [0, 0.1) is 5.92 Å². The lowest BCUT2D eigenvalue weighted by Gasteiger charge is -2.13. The van der Waals surface area contributed by atoms with Crippen LogP contribution in [0.2, 0.25) is 0 Å². The second kappa shape index (κ2) is 7.24. The van der Waals surface area contributed by atoms with E-state index in [0.29, 0.717) is 30.5 Å². The van der Waals surface area contributed by atoms with E-state index < -0.39 is 10.0 Å². The predicted molar refractivity (Wildman–Crippen MR) is 82.9 cm³/mol. The van der Waals surface area contributed by atoms with Crippen molar-refractivity contribution in [3.8, 4) is 5.75 Å². The number of benzene rings is 1. The predicted octanol–water partition coefficient (Wildman–Crippen LogP) is 1.88. The average molecular weight is 312 g/mol. The van der Waals surface area contributed by atoms with Crippen molar-refractivity contribution in [2.45, 2.75) is 38.1 Å². The van der Waals surface area contributed by atoms with Gasteiger partial charge in [-0.3, -0.25) is 0 Å². The van der Waals surface area contributed by atoms with Gasteiger partial charge < -0.3 is 10.1 Å². The Morgan fingerprint density at radius 1 is 1.29 bits per heavy atom. The van der Waals surface area contributed by atoms with E-state index in [2.05, 4.69) is 10.0 Å². The number of nitrogens with one attached hydrogen (secondary N) is 2. The first kappa shape index (κ1) is 16.3. The fraction of sp³-hybridized carbons (Fsp3) is 0.600. The van der Waals surface area contributed by atoms with E-state index in [4.69, 9.17) is 4.74 Å². The summed E-state index contributed by atoms with van der Waals surface area (Å²) in [4.78, 5) is 0.305. The second-order valence-corrected chi connectivity index (χ2v) is 7.05. The summed E-state index contributed by atoms with van der Waals surface area (Å²) in [6.45, 7) is 6.44. The van der Waals surface area contributed by atoms with E-state index in [1.807, 2.05) is 13.8 Å². The summed E-state index contributed by atoms with van der Waals surface area (Å²) < 4.78 is 32.8. The zero-order valence-electron chi connectivity index (χ0n) is 12.7. The normalized spacial score (nSPS) is 15.1. The molecule has 0 amide bonds. The summed E-state index contributed by atoms with van der Waals surface area (Å²) >= 11 is 0. The Hall–Kier alpha value is -1.11. The highest BCUT2D eigenvalue weighted by Crippen LogP contribution is 2.28. The van der Waals surface area contributed by atoms with Crippen molar-refractivity contribution < 1.29 is 13.2 Å². The molecule has 6 heteroatoms. The maximum absolute atomic E-state index is 12.3. The largest absolute Gasteiger partial charge is 0.494 e. The highest BCUT2D eigenvalue weighted by Gasteiger charge is 2.24. The molecule has 2 rings (SSSR count). The molecule has 0 unspecified atom stereocenters. The van der Waals surface area contributed by atoms with E-state index in [0.717, 1.165) is 30.7 Å². The Morgan fingerprint density at radius 3 is 2.67 bits per heavy atom. The summed E-state index contributed by atoms with van der Waals surface area (Å²) in [6, 6.07) is 5.04. The van der Waals surface area contributed by atoms with Gasteiger partial charge in [-0.15, -0.1) is 0 Å². The number of ether oxygens (including phenoxy) is 1. The van der Waals surface area contributed by atoms with Crippen LogP contribution in [0.5, 0.6) is 5.75 Å². The molecule has 1 aliphatic rings. The Kier molecular flexibility index (Phi) is 5.61. The molecule has 1 aromatic rings. The molecule has 118 valence electrons. The molecule has 1 aromatic carbocycles. The zero-order chi connectivity index (χ0) is 15.3.